The van der Waals surface area contributed by atoms with Gasteiger partial charge in [0.25, 0.3) is 0 Å². The Kier molecular flexibility index (Phi) is 3.48. The van der Waals surface area contributed by atoms with Crippen LogP contribution in [0.1, 0.15) is 10.4 Å². The molecule has 2 N–H and O–H groups in total. The molecule has 0 saturated carbocycles. The quantitative estimate of drug-likeness (QED) is 0.873. The van der Waals surface area contributed by atoms with Crippen molar-refractivity contribution in [2.24, 2.45) is 5.73 Å². The highest BCUT2D eigenvalue weighted by molar-refractivity contribution is 7.09. The molecule has 0 spiro atoms. The van der Waals surface area contributed by atoms with Gasteiger partial charge in [-0.15, -0.1) is 11.3 Å². The molecule has 5 heteroatoms. The maximum absolute atomic E-state index is 5.49. The number of anilines is 1. The molecule has 0 aliphatic rings. The van der Waals surface area contributed by atoms with Gasteiger partial charge in [-0.3, -0.25) is 0 Å². The first-order valence-corrected chi connectivity index (χ1v) is 5.92. The van der Waals surface area contributed by atoms with E-state index in [2.05, 4.69) is 21.4 Å². The smallest absolute Gasteiger partial charge is 0.225 e. The van der Waals surface area contributed by atoms with E-state index in [9.17, 15) is 0 Å². The lowest BCUT2D eigenvalue weighted by Gasteiger charge is -2.15. The maximum Gasteiger partial charge on any atom is 0.225 e. The van der Waals surface area contributed by atoms with Crippen molar-refractivity contribution in [1.29, 1.82) is 0 Å². The number of hydrogen-bond donors (Lipinski definition) is 1. The first-order valence-electron chi connectivity index (χ1n) is 5.04. The third kappa shape index (κ3) is 2.56. The van der Waals surface area contributed by atoms with Gasteiger partial charge in [0.15, 0.2) is 0 Å². The molecule has 2 heterocycles. The molecule has 0 aromatic carbocycles. The summed E-state index contributed by atoms with van der Waals surface area (Å²) in [5, 5.41) is 2.07. The summed E-state index contributed by atoms with van der Waals surface area (Å²) in [4.78, 5) is 11.9. The summed E-state index contributed by atoms with van der Waals surface area (Å²) >= 11 is 1.74. The largest absolute Gasteiger partial charge is 0.339 e. The zero-order chi connectivity index (χ0) is 11.4. The molecule has 0 fully saturated rings. The molecule has 0 unspecified atom stereocenters. The van der Waals surface area contributed by atoms with Crippen LogP contribution in [-0.4, -0.2) is 17.0 Å². The minimum Gasteiger partial charge on any atom is -0.339 e. The van der Waals surface area contributed by atoms with Crippen molar-refractivity contribution >= 4 is 17.3 Å². The molecule has 16 heavy (non-hydrogen) atoms. The summed E-state index contributed by atoms with van der Waals surface area (Å²) in [6.07, 6.45) is 3.54. The van der Waals surface area contributed by atoms with E-state index < -0.39 is 0 Å². The Hall–Kier alpha value is -1.46. The molecule has 0 atom stereocenters. The summed E-state index contributed by atoms with van der Waals surface area (Å²) in [5.41, 5.74) is 6.45. The van der Waals surface area contributed by atoms with Gasteiger partial charge in [0, 0.05) is 36.4 Å². The average molecular weight is 234 g/mol. The van der Waals surface area contributed by atoms with Gasteiger partial charge in [-0.2, -0.15) is 0 Å². The van der Waals surface area contributed by atoms with Crippen molar-refractivity contribution in [3.8, 4) is 0 Å². The van der Waals surface area contributed by atoms with Gasteiger partial charge in [-0.1, -0.05) is 6.07 Å². The highest BCUT2D eigenvalue weighted by atomic mass is 32.1. The Labute approximate surface area is 98.8 Å². The van der Waals surface area contributed by atoms with E-state index >= 15 is 0 Å². The normalized spacial score (nSPS) is 10.4. The van der Waals surface area contributed by atoms with Crippen LogP contribution in [-0.2, 0) is 13.1 Å². The highest BCUT2D eigenvalue weighted by Crippen LogP contribution is 2.14. The summed E-state index contributed by atoms with van der Waals surface area (Å²) in [6.45, 7) is 1.31. The van der Waals surface area contributed by atoms with E-state index in [-0.39, 0.29) is 0 Å². The van der Waals surface area contributed by atoms with Gasteiger partial charge < -0.3 is 10.6 Å². The molecule has 84 valence electrons. The van der Waals surface area contributed by atoms with Crippen LogP contribution in [0.25, 0.3) is 0 Å². The molecular formula is C11H14N4S. The van der Waals surface area contributed by atoms with E-state index in [1.54, 1.807) is 23.7 Å². The average Bonchev–Trinajstić information content (AvgIpc) is 2.82. The molecule has 0 radical (unpaired) electrons. The first-order chi connectivity index (χ1) is 7.79. The molecule has 2 aromatic heterocycles. The molecule has 0 bridgehead atoms. The molecule has 0 aliphatic carbocycles. The standard InChI is InChI=1S/C11H14N4S/c1-15(8-10-3-2-4-16-10)11-13-6-9(5-12)7-14-11/h2-4,6-7H,5,8,12H2,1H3. The fourth-order valence-electron chi connectivity index (χ4n) is 1.36. The van der Waals surface area contributed by atoms with Crippen LogP contribution in [0.2, 0.25) is 0 Å². The Morgan fingerprint density at radius 1 is 1.38 bits per heavy atom. The third-order valence-corrected chi connectivity index (χ3v) is 3.10. The van der Waals surface area contributed by atoms with Crippen LogP contribution in [0, 0.1) is 0 Å². The van der Waals surface area contributed by atoms with Gasteiger partial charge in [0.2, 0.25) is 5.95 Å². The molecule has 2 rings (SSSR count). The van der Waals surface area contributed by atoms with E-state index in [4.69, 9.17) is 5.73 Å². The molecule has 0 amide bonds. The molecule has 0 aliphatic heterocycles. The predicted molar refractivity (Wildman–Crippen MR) is 66.3 cm³/mol. The van der Waals surface area contributed by atoms with Crippen LogP contribution in [0.3, 0.4) is 0 Å². The topological polar surface area (TPSA) is 55.0 Å². The predicted octanol–water partition coefficient (Wildman–Crippen LogP) is 1.63. The lowest BCUT2D eigenvalue weighted by molar-refractivity contribution is 0.868. The maximum atomic E-state index is 5.49. The second kappa shape index (κ2) is 5.05. The van der Waals surface area contributed by atoms with Crippen molar-refractivity contribution in [3.63, 3.8) is 0 Å². The number of nitrogens with two attached hydrogens (primary N) is 1. The lowest BCUT2D eigenvalue weighted by Crippen LogP contribution is -2.18. The van der Waals surface area contributed by atoms with Crippen LogP contribution < -0.4 is 10.6 Å². The van der Waals surface area contributed by atoms with E-state index in [0.717, 1.165) is 18.1 Å². The van der Waals surface area contributed by atoms with Crippen molar-refractivity contribution in [3.05, 3.63) is 40.3 Å². The Bertz CT molecular complexity index is 424. The van der Waals surface area contributed by atoms with Crippen molar-refractivity contribution in [2.75, 3.05) is 11.9 Å². The van der Waals surface area contributed by atoms with Crippen LogP contribution >= 0.6 is 11.3 Å². The summed E-state index contributed by atoms with van der Waals surface area (Å²) < 4.78 is 0. The molecule has 4 nitrogen and oxygen atoms in total. The fraction of sp³-hybridized carbons (Fsp3) is 0.273. The minimum absolute atomic E-state index is 0.481. The summed E-state index contributed by atoms with van der Waals surface area (Å²) in [7, 11) is 1.98. The summed E-state index contributed by atoms with van der Waals surface area (Å²) in [6, 6.07) is 4.15. The van der Waals surface area contributed by atoms with Gasteiger partial charge in [0.05, 0.1) is 6.54 Å². The molecule has 2 aromatic rings. The lowest BCUT2D eigenvalue weighted by atomic mass is 10.3. The van der Waals surface area contributed by atoms with Gasteiger partial charge in [0.1, 0.15) is 0 Å². The molecule has 0 saturated heterocycles. The number of nitrogens with zero attached hydrogens (tertiary/aromatic N) is 3. The number of aromatic nitrogens is 2. The van der Waals surface area contributed by atoms with Gasteiger partial charge in [-0.05, 0) is 11.4 Å². The highest BCUT2D eigenvalue weighted by Gasteiger charge is 2.05. The Balaban J connectivity index is 2.05. The second-order valence-corrected chi connectivity index (χ2v) is 4.56. The molecular weight excluding hydrogens is 220 g/mol. The SMILES string of the molecule is CN(Cc1cccs1)c1ncc(CN)cn1. The van der Waals surface area contributed by atoms with E-state index in [0.29, 0.717) is 6.54 Å². The van der Waals surface area contributed by atoms with Crippen LogP contribution in [0.4, 0.5) is 5.95 Å². The minimum atomic E-state index is 0.481. The van der Waals surface area contributed by atoms with Crippen molar-refractivity contribution in [2.45, 2.75) is 13.1 Å². The fourth-order valence-corrected chi connectivity index (χ4v) is 2.11. The van der Waals surface area contributed by atoms with Crippen molar-refractivity contribution in [1.82, 2.24) is 9.97 Å². The van der Waals surface area contributed by atoms with E-state index in [1.165, 1.54) is 4.88 Å². The second-order valence-electron chi connectivity index (χ2n) is 3.53. The zero-order valence-corrected chi connectivity index (χ0v) is 9.94. The van der Waals surface area contributed by atoms with Crippen LogP contribution in [0.15, 0.2) is 29.9 Å². The van der Waals surface area contributed by atoms with Crippen molar-refractivity contribution < 1.29 is 0 Å². The number of rotatable bonds is 4. The zero-order valence-electron chi connectivity index (χ0n) is 9.13. The number of hydrogen-bond acceptors (Lipinski definition) is 5. The van der Waals surface area contributed by atoms with E-state index in [1.807, 2.05) is 18.0 Å². The first kappa shape index (κ1) is 11.0. The Morgan fingerprint density at radius 3 is 2.69 bits per heavy atom. The van der Waals surface area contributed by atoms with Gasteiger partial charge >= 0.3 is 0 Å². The van der Waals surface area contributed by atoms with Crippen LogP contribution in [0.5, 0.6) is 0 Å². The summed E-state index contributed by atoms with van der Waals surface area (Å²) in [5.74, 6) is 0.727. The number of thiophene rings is 1. The van der Waals surface area contributed by atoms with Gasteiger partial charge in [-0.25, -0.2) is 9.97 Å². The monoisotopic (exact) mass is 234 g/mol. The Morgan fingerprint density at radius 2 is 2.12 bits per heavy atom. The third-order valence-electron chi connectivity index (χ3n) is 2.24.